The van der Waals surface area contributed by atoms with Crippen molar-refractivity contribution in [3.05, 3.63) is 0 Å². The van der Waals surface area contributed by atoms with E-state index in [1.165, 1.54) is 0 Å². The number of aliphatic carboxylic acids is 1. The smallest absolute Gasteiger partial charge is 0.337 e. The molecule has 14 heavy (non-hydrogen) atoms. The molecule has 0 spiro atoms. The van der Waals surface area contributed by atoms with E-state index < -0.39 is 18.5 Å². The molecule has 3 unspecified atom stereocenters. The molecule has 7 heteroatoms. The Morgan fingerprint density at radius 2 is 2.43 bits per heavy atom. The van der Waals surface area contributed by atoms with Crippen LogP contribution in [0, 0.1) is 0 Å². The second-order valence-electron chi connectivity index (χ2n) is 3.34. The Hall–Kier alpha value is -0.730. The largest absolute Gasteiger partial charge is 0.479 e. The maximum Gasteiger partial charge on any atom is 0.337 e. The molecule has 1 aliphatic heterocycles. The van der Waals surface area contributed by atoms with Crippen LogP contribution in [-0.4, -0.2) is 48.3 Å². The molecule has 0 aromatic rings. The summed E-state index contributed by atoms with van der Waals surface area (Å²) in [6.45, 7) is 2.19. The minimum atomic E-state index is -0.969. The molecule has 1 heterocycles. The van der Waals surface area contributed by atoms with Gasteiger partial charge in [0.15, 0.2) is 12.5 Å². The summed E-state index contributed by atoms with van der Waals surface area (Å²) < 4.78 is 5.32. The predicted octanol–water partition coefficient (Wildman–Crippen LogP) is -1.92. The molecule has 0 aromatic carbocycles. The van der Waals surface area contributed by atoms with Crippen molar-refractivity contribution in [1.82, 2.24) is 15.8 Å². The van der Waals surface area contributed by atoms with Crippen molar-refractivity contribution in [2.75, 3.05) is 13.7 Å². The average Bonchev–Trinajstić information content (AvgIpc) is 2.43. The quantitative estimate of drug-likeness (QED) is 0.424. The number of ether oxygens (including phenoxy) is 1. The SMILES string of the molecule is CC(N)COC1NC(C(=O)O)NN1C. The lowest BCUT2D eigenvalue weighted by molar-refractivity contribution is -0.140. The standard InChI is InChI=1S/C7H16N4O3/c1-4(8)3-14-7-9-5(6(12)13)10-11(7)2/h4-5,7,9-10H,3,8H2,1-2H3,(H,12,13). The number of rotatable bonds is 4. The first-order chi connectivity index (χ1) is 6.50. The van der Waals surface area contributed by atoms with Crippen molar-refractivity contribution < 1.29 is 14.6 Å². The number of hydrazine groups is 1. The minimum Gasteiger partial charge on any atom is -0.479 e. The van der Waals surface area contributed by atoms with E-state index in [9.17, 15) is 4.79 Å². The van der Waals surface area contributed by atoms with Gasteiger partial charge in [-0.25, -0.2) is 15.2 Å². The number of nitrogens with two attached hydrogens (primary N) is 1. The number of hydrogen-bond acceptors (Lipinski definition) is 6. The van der Waals surface area contributed by atoms with Gasteiger partial charge in [0.2, 0.25) is 0 Å². The molecule has 1 rings (SSSR count). The van der Waals surface area contributed by atoms with E-state index in [4.69, 9.17) is 15.6 Å². The zero-order chi connectivity index (χ0) is 10.7. The van der Waals surface area contributed by atoms with Gasteiger partial charge in [0.05, 0.1) is 6.61 Å². The normalized spacial score (nSPS) is 30.5. The summed E-state index contributed by atoms with van der Waals surface area (Å²) in [5.41, 5.74) is 8.19. The van der Waals surface area contributed by atoms with E-state index in [1.54, 1.807) is 12.1 Å². The Kier molecular flexibility index (Phi) is 3.78. The van der Waals surface area contributed by atoms with Gasteiger partial charge in [-0.1, -0.05) is 0 Å². The van der Waals surface area contributed by atoms with Gasteiger partial charge in [0, 0.05) is 13.1 Å². The minimum absolute atomic E-state index is 0.0749. The highest BCUT2D eigenvalue weighted by molar-refractivity contribution is 5.73. The number of carboxylic acid groups (broad SMARTS) is 1. The Balaban J connectivity index is 2.37. The van der Waals surface area contributed by atoms with E-state index >= 15 is 0 Å². The van der Waals surface area contributed by atoms with Crippen LogP contribution in [-0.2, 0) is 9.53 Å². The average molecular weight is 204 g/mol. The Labute approximate surface area is 82.2 Å². The molecular weight excluding hydrogens is 188 g/mol. The fourth-order valence-corrected chi connectivity index (χ4v) is 1.09. The number of carbonyl (C=O) groups is 1. The van der Waals surface area contributed by atoms with Gasteiger partial charge in [-0.05, 0) is 6.92 Å². The van der Waals surface area contributed by atoms with Gasteiger partial charge < -0.3 is 15.6 Å². The molecule has 3 atom stereocenters. The van der Waals surface area contributed by atoms with Crippen LogP contribution in [0.1, 0.15) is 6.92 Å². The highest BCUT2D eigenvalue weighted by Crippen LogP contribution is 2.02. The number of hydrogen-bond donors (Lipinski definition) is 4. The van der Waals surface area contributed by atoms with Crippen LogP contribution < -0.4 is 16.5 Å². The molecule has 0 bridgehead atoms. The van der Waals surface area contributed by atoms with Crippen molar-refractivity contribution in [3.8, 4) is 0 Å². The molecule has 0 aromatic heterocycles. The fraction of sp³-hybridized carbons (Fsp3) is 0.857. The van der Waals surface area contributed by atoms with Gasteiger partial charge in [0.1, 0.15) is 0 Å². The Bertz CT molecular complexity index is 211. The lowest BCUT2D eigenvalue weighted by atomic mass is 10.4. The van der Waals surface area contributed by atoms with Gasteiger partial charge in [-0.3, -0.25) is 5.32 Å². The zero-order valence-electron chi connectivity index (χ0n) is 8.23. The third-order valence-corrected chi connectivity index (χ3v) is 1.76. The molecule has 82 valence electrons. The lowest BCUT2D eigenvalue weighted by Crippen LogP contribution is -2.41. The second kappa shape index (κ2) is 4.67. The summed E-state index contributed by atoms with van der Waals surface area (Å²) in [5.74, 6) is -0.969. The van der Waals surface area contributed by atoms with Crippen LogP contribution in [0.25, 0.3) is 0 Å². The molecule has 1 aliphatic rings. The van der Waals surface area contributed by atoms with Crippen LogP contribution >= 0.6 is 0 Å². The summed E-state index contributed by atoms with van der Waals surface area (Å²) in [4.78, 5) is 10.6. The third-order valence-electron chi connectivity index (χ3n) is 1.76. The molecule has 5 N–H and O–H groups in total. The third kappa shape index (κ3) is 2.89. The Morgan fingerprint density at radius 1 is 1.79 bits per heavy atom. The van der Waals surface area contributed by atoms with Crippen molar-refractivity contribution in [2.45, 2.75) is 25.5 Å². The van der Waals surface area contributed by atoms with E-state index in [0.29, 0.717) is 6.61 Å². The van der Waals surface area contributed by atoms with Crippen LogP contribution in [0.2, 0.25) is 0 Å². The summed E-state index contributed by atoms with van der Waals surface area (Å²) in [6.07, 6.45) is -1.26. The summed E-state index contributed by atoms with van der Waals surface area (Å²) in [7, 11) is 1.70. The molecule has 0 aliphatic carbocycles. The highest BCUT2D eigenvalue weighted by atomic mass is 16.5. The van der Waals surface area contributed by atoms with Gasteiger partial charge >= 0.3 is 5.97 Å². The van der Waals surface area contributed by atoms with Gasteiger partial charge in [0.25, 0.3) is 0 Å². The van der Waals surface area contributed by atoms with E-state index in [-0.39, 0.29) is 6.04 Å². The van der Waals surface area contributed by atoms with E-state index in [2.05, 4.69) is 10.7 Å². The van der Waals surface area contributed by atoms with Crippen LogP contribution in [0.3, 0.4) is 0 Å². The van der Waals surface area contributed by atoms with Gasteiger partial charge in [-0.15, -0.1) is 0 Å². The topological polar surface area (TPSA) is 99.8 Å². The van der Waals surface area contributed by atoms with Crippen molar-refractivity contribution in [3.63, 3.8) is 0 Å². The first-order valence-electron chi connectivity index (χ1n) is 4.35. The predicted molar refractivity (Wildman–Crippen MR) is 48.8 cm³/mol. The van der Waals surface area contributed by atoms with Crippen molar-refractivity contribution in [2.24, 2.45) is 5.73 Å². The number of nitrogens with zero attached hydrogens (tertiary/aromatic N) is 1. The number of nitrogens with one attached hydrogen (secondary N) is 2. The van der Waals surface area contributed by atoms with Crippen LogP contribution in [0.15, 0.2) is 0 Å². The molecule has 1 saturated heterocycles. The summed E-state index contributed by atoms with van der Waals surface area (Å²) in [6, 6.07) is -0.0749. The Morgan fingerprint density at radius 3 is 2.86 bits per heavy atom. The second-order valence-corrected chi connectivity index (χ2v) is 3.34. The van der Waals surface area contributed by atoms with Crippen molar-refractivity contribution in [1.29, 1.82) is 0 Å². The fourth-order valence-electron chi connectivity index (χ4n) is 1.09. The molecule has 0 amide bonds. The maximum atomic E-state index is 10.6. The molecule has 0 radical (unpaired) electrons. The number of carboxylic acids is 1. The van der Waals surface area contributed by atoms with E-state index in [0.717, 1.165) is 0 Å². The molecule has 7 nitrogen and oxygen atoms in total. The van der Waals surface area contributed by atoms with Crippen molar-refractivity contribution >= 4 is 5.97 Å². The summed E-state index contributed by atoms with van der Waals surface area (Å²) in [5, 5.41) is 13.0. The lowest BCUT2D eigenvalue weighted by Gasteiger charge is -2.19. The first kappa shape index (κ1) is 11.3. The van der Waals surface area contributed by atoms with Crippen LogP contribution in [0.4, 0.5) is 0 Å². The summed E-state index contributed by atoms with van der Waals surface area (Å²) >= 11 is 0. The van der Waals surface area contributed by atoms with Gasteiger partial charge in [-0.2, -0.15) is 0 Å². The highest BCUT2D eigenvalue weighted by Gasteiger charge is 2.33. The molecule has 0 saturated carbocycles. The monoisotopic (exact) mass is 204 g/mol. The molecular formula is C7H16N4O3. The maximum absolute atomic E-state index is 10.6. The van der Waals surface area contributed by atoms with Crippen LogP contribution in [0.5, 0.6) is 0 Å². The van der Waals surface area contributed by atoms with E-state index in [1.807, 2.05) is 6.92 Å². The first-order valence-corrected chi connectivity index (χ1v) is 4.35. The molecule has 1 fully saturated rings. The zero-order valence-corrected chi connectivity index (χ0v) is 8.23.